The number of likely N-dealkylation sites (tertiary alicyclic amines) is 1. The molecule has 2 aromatic heterocycles. The third-order valence-corrected chi connectivity index (χ3v) is 9.71. The van der Waals surface area contributed by atoms with Crippen molar-refractivity contribution in [1.29, 1.82) is 0 Å². The molecule has 2 aliphatic rings. The van der Waals surface area contributed by atoms with E-state index in [0.29, 0.717) is 100 Å². The van der Waals surface area contributed by atoms with Gasteiger partial charge in [0, 0.05) is 47.8 Å². The van der Waals surface area contributed by atoms with Crippen LogP contribution in [0.15, 0.2) is 48.8 Å². The Hall–Kier alpha value is -4.32. The fraction of sp³-hybridized carbons (Fsp3) is 0.371. The molecule has 0 aliphatic carbocycles. The van der Waals surface area contributed by atoms with E-state index in [4.69, 9.17) is 42.6 Å². The lowest BCUT2D eigenvalue weighted by molar-refractivity contribution is -0.141. The number of rotatable bonds is 12. The van der Waals surface area contributed by atoms with Crippen LogP contribution in [0.4, 0.5) is 0 Å². The van der Waals surface area contributed by atoms with Crippen molar-refractivity contribution in [1.82, 2.24) is 30.2 Å². The van der Waals surface area contributed by atoms with E-state index < -0.39 is 5.97 Å². The van der Waals surface area contributed by atoms with Crippen LogP contribution in [0.1, 0.15) is 43.5 Å². The van der Waals surface area contributed by atoms with Crippen molar-refractivity contribution in [3.05, 3.63) is 70.2 Å². The molecule has 4 aromatic rings. The number of nitrogens with one attached hydrogen (secondary N) is 1. The highest BCUT2D eigenvalue weighted by Crippen LogP contribution is 2.42. The molecule has 2 fully saturated rings. The molecule has 13 heteroatoms. The monoisotopic (exact) mass is 690 g/mol. The van der Waals surface area contributed by atoms with Gasteiger partial charge in [0.15, 0.2) is 0 Å². The average molecular weight is 692 g/mol. The zero-order valence-corrected chi connectivity index (χ0v) is 28.2. The molecule has 0 bridgehead atoms. The van der Waals surface area contributed by atoms with E-state index in [2.05, 4.69) is 15.3 Å². The molecule has 2 atom stereocenters. The maximum atomic E-state index is 11.5. The number of carboxylic acid groups (broad SMARTS) is 1. The van der Waals surface area contributed by atoms with Gasteiger partial charge < -0.3 is 19.9 Å². The third-order valence-electron chi connectivity index (χ3n) is 8.90. The van der Waals surface area contributed by atoms with Crippen LogP contribution in [-0.4, -0.2) is 75.2 Å². The van der Waals surface area contributed by atoms with Gasteiger partial charge in [-0.05, 0) is 38.6 Å². The molecule has 2 saturated heterocycles. The lowest BCUT2D eigenvalue weighted by Crippen LogP contribution is -2.25. The number of carboxylic acids is 1. The second-order valence-corrected chi connectivity index (χ2v) is 12.8. The largest absolute Gasteiger partial charge is 0.481 e. The van der Waals surface area contributed by atoms with Gasteiger partial charge in [-0.1, -0.05) is 59.6 Å². The number of carbonyl (C=O) groups is 2. The Morgan fingerprint density at radius 3 is 2.04 bits per heavy atom. The number of hydrogen-bond acceptors (Lipinski definition) is 9. The molecule has 2 aromatic carbocycles. The summed E-state index contributed by atoms with van der Waals surface area (Å²) in [7, 11) is 3.11. The first-order valence-corrected chi connectivity index (χ1v) is 16.6. The summed E-state index contributed by atoms with van der Waals surface area (Å²) in [6.45, 7) is 1.56. The molecule has 2 N–H and O–H groups in total. The summed E-state index contributed by atoms with van der Waals surface area (Å²) in [6.07, 6.45) is 7.82. The van der Waals surface area contributed by atoms with Crippen LogP contribution in [0.2, 0.25) is 10.0 Å². The van der Waals surface area contributed by atoms with Crippen LogP contribution in [0, 0.1) is 5.92 Å². The Morgan fingerprint density at radius 1 is 0.917 bits per heavy atom. The van der Waals surface area contributed by atoms with Gasteiger partial charge in [-0.25, -0.2) is 9.97 Å². The zero-order valence-electron chi connectivity index (χ0n) is 26.7. The van der Waals surface area contributed by atoms with Crippen LogP contribution < -0.4 is 14.8 Å². The Balaban J connectivity index is 1.23. The molecule has 0 unspecified atom stereocenters. The Kier molecular flexibility index (Phi) is 10.4. The number of ether oxygens (including phenoxy) is 2. The predicted molar refractivity (Wildman–Crippen MR) is 182 cm³/mol. The Bertz CT molecular complexity index is 1840. The third kappa shape index (κ3) is 7.23. The number of aliphatic carboxylic acids is 1. The number of benzene rings is 2. The second-order valence-electron chi connectivity index (χ2n) is 12.0. The summed E-state index contributed by atoms with van der Waals surface area (Å²) in [5.74, 6) is -0.256. The number of amides is 1. The minimum atomic E-state index is -0.782. The minimum absolute atomic E-state index is 0.115. The molecule has 11 nitrogen and oxygen atoms in total. The molecule has 0 spiro atoms. The summed E-state index contributed by atoms with van der Waals surface area (Å²) < 4.78 is 11.2. The van der Waals surface area contributed by atoms with E-state index in [-0.39, 0.29) is 17.9 Å². The van der Waals surface area contributed by atoms with Crippen LogP contribution >= 0.6 is 23.2 Å². The lowest BCUT2D eigenvalue weighted by Gasteiger charge is -2.17. The number of carbonyl (C=O) groups excluding carboxylic acids is 1. The molecule has 2 aliphatic heterocycles. The summed E-state index contributed by atoms with van der Waals surface area (Å²) in [5, 5.41) is 13.3. The fourth-order valence-corrected chi connectivity index (χ4v) is 6.98. The van der Waals surface area contributed by atoms with E-state index in [9.17, 15) is 14.7 Å². The van der Waals surface area contributed by atoms with Crippen molar-refractivity contribution in [3.8, 4) is 45.4 Å². The molecule has 4 heterocycles. The molecule has 0 saturated carbocycles. The van der Waals surface area contributed by atoms with Gasteiger partial charge in [0.2, 0.25) is 17.7 Å². The molecule has 1 amide bonds. The van der Waals surface area contributed by atoms with E-state index >= 15 is 0 Å². The van der Waals surface area contributed by atoms with Crippen molar-refractivity contribution in [3.63, 3.8) is 0 Å². The number of nitrogens with zero attached hydrogens (tertiary/aromatic N) is 5. The highest BCUT2D eigenvalue weighted by molar-refractivity contribution is 6.39. The fourth-order valence-electron chi connectivity index (χ4n) is 6.34. The Labute approximate surface area is 288 Å². The van der Waals surface area contributed by atoms with Crippen molar-refractivity contribution in [2.45, 2.75) is 51.1 Å². The van der Waals surface area contributed by atoms with E-state index in [1.54, 1.807) is 19.5 Å². The van der Waals surface area contributed by atoms with E-state index in [1.807, 2.05) is 41.3 Å². The SMILES string of the molecule is COc1nc(-c2cccc(-c3cccc(-c4cnc(CN5CC[C@@H](C(=O)O)C5)c(OC)n4)c3Cl)c2Cl)cnc1CCC[C@@H]1CCC(=O)N1. The quantitative estimate of drug-likeness (QED) is 0.179. The van der Waals surface area contributed by atoms with Gasteiger partial charge in [0.05, 0.1) is 54.0 Å². The molecular weight excluding hydrogens is 655 g/mol. The zero-order chi connectivity index (χ0) is 33.8. The highest BCUT2D eigenvalue weighted by atomic mass is 35.5. The van der Waals surface area contributed by atoms with E-state index in [0.717, 1.165) is 25.0 Å². The first-order valence-electron chi connectivity index (χ1n) is 15.9. The average Bonchev–Trinajstić information content (AvgIpc) is 3.74. The standard InChI is InChI=1S/C35H36Cl2N6O5/c1-47-33-26(11-3-6-21-12-13-30(44)40-21)38-16-27(41-33)24-9-4-7-22(31(24)36)23-8-5-10-25(32(23)37)28-17-39-29(34(42-28)48-2)19-43-15-14-20(18-43)35(45)46/h4-5,7-10,16-17,20-21H,3,6,11-15,18-19H2,1-2H3,(H,40,44)(H,45,46)/t20-,21-/m1/s1. The van der Waals surface area contributed by atoms with Crippen molar-refractivity contribution >= 4 is 35.1 Å². The van der Waals surface area contributed by atoms with Gasteiger partial charge in [-0.2, -0.15) is 0 Å². The number of hydrogen-bond donors (Lipinski definition) is 2. The first kappa shape index (κ1) is 33.6. The molecule has 250 valence electrons. The Morgan fingerprint density at radius 2 is 1.50 bits per heavy atom. The molecule has 6 rings (SSSR count). The lowest BCUT2D eigenvalue weighted by atomic mass is 9.98. The summed E-state index contributed by atoms with van der Waals surface area (Å²) in [4.78, 5) is 43.7. The maximum absolute atomic E-state index is 11.5. The first-order chi connectivity index (χ1) is 23.2. The summed E-state index contributed by atoms with van der Waals surface area (Å²) in [5.41, 5.74) is 5.22. The van der Waals surface area contributed by atoms with Gasteiger partial charge in [0.25, 0.3) is 0 Å². The molecule has 0 radical (unpaired) electrons. The number of methoxy groups -OCH3 is 2. The normalized spacial score (nSPS) is 17.8. The molecule has 48 heavy (non-hydrogen) atoms. The van der Waals surface area contributed by atoms with Gasteiger partial charge in [0.1, 0.15) is 11.4 Å². The second kappa shape index (κ2) is 14.8. The smallest absolute Gasteiger partial charge is 0.307 e. The van der Waals surface area contributed by atoms with Gasteiger partial charge in [-0.3, -0.25) is 24.5 Å². The van der Waals surface area contributed by atoms with Crippen molar-refractivity contribution in [2.24, 2.45) is 5.92 Å². The number of halogens is 2. The van der Waals surface area contributed by atoms with Crippen molar-refractivity contribution < 1.29 is 24.2 Å². The van der Waals surface area contributed by atoms with Crippen LogP contribution in [0.5, 0.6) is 11.8 Å². The highest BCUT2D eigenvalue weighted by Gasteiger charge is 2.29. The predicted octanol–water partition coefficient (Wildman–Crippen LogP) is 6.10. The number of aromatic nitrogens is 4. The maximum Gasteiger partial charge on any atom is 0.307 e. The van der Waals surface area contributed by atoms with Gasteiger partial charge in [-0.15, -0.1) is 0 Å². The molecular formula is C35H36Cl2N6O5. The van der Waals surface area contributed by atoms with E-state index in [1.165, 1.54) is 7.11 Å². The van der Waals surface area contributed by atoms with Crippen molar-refractivity contribution in [2.75, 3.05) is 27.3 Å². The van der Waals surface area contributed by atoms with Crippen LogP contribution in [0.3, 0.4) is 0 Å². The topological polar surface area (TPSA) is 140 Å². The van der Waals surface area contributed by atoms with Crippen LogP contribution in [-0.2, 0) is 22.6 Å². The van der Waals surface area contributed by atoms with Crippen LogP contribution in [0.25, 0.3) is 33.6 Å². The summed E-state index contributed by atoms with van der Waals surface area (Å²) >= 11 is 14.1. The summed E-state index contributed by atoms with van der Waals surface area (Å²) in [6, 6.07) is 11.5. The minimum Gasteiger partial charge on any atom is -0.481 e. The number of aryl methyl sites for hydroxylation is 1. The van der Waals surface area contributed by atoms with Gasteiger partial charge >= 0.3 is 5.97 Å².